The topological polar surface area (TPSA) is 99.6 Å². The molecule has 0 unspecified atom stereocenters. The second-order valence-corrected chi connectivity index (χ2v) is 10.1. The van der Waals surface area contributed by atoms with Crippen LogP contribution in [0.4, 0.5) is 5.69 Å². The molecule has 0 spiro atoms. The van der Waals surface area contributed by atoms with Crippen LogP contribution in [-0.4, -0.2) is 65.6 Å². The number of benzene rings is 2. The maximum absolute atomic E-state index is 11.8. The van der Waals surface area contributed by atoms with Gasteiger partial charge in [-0.1, -0.05) is 17.7 Å². The van der Waals surface area contributed by atoms with E-state index in [-0.39, 0.29) is 49.8 Å². The van der Waals surface area contributed by atoms with E-state index in [1.165, 1.54) is 10.5 Å². The number of aliphatic carboxylic acids is 1. The number of nitrogens with zero attached hydrogens (tertiary/aromatic N) is 3. The van der Waals surface area contributed by atoms with Crippen molar-refractivity contribution in [3.63, 3.8) is 0 Å². The molecule has 0 bridgehead atoms. The average molecular weight is 528 g/mol. The van der Waals surface area contributed by atoms with Crippen LogP contribution in [0.3, 0.4) is 0 Å². The Bertz CT molecular complexity index is 1200. The molecule has 37 heavy (non-hydrogen) atoms. The van der Waals surface area contributed by atoms with Gasteiger partial charge in [0.1, 0.15) is 6.61 Å². The number of ether oxygens (including phenoxy) is 2. The first-order valence-corrected chi connectivity index (χ1v) is 12.9. The first-order valence-electron chi connectivity index (χ1n) is 12.5. The third kappa shape index (κ3) is 5.24. The van der Waals surface area contributed by atoms with Crippen LogP contribution in [0.15, 0.2) is 36.4 Å². The van der Waals surface area contributed by atoms with E-state index >= 15 is 0 Å². The van der Waals surface area contributed by atoms with Gasteiger partial charge in [0.2, 0.25) is 11.8 Å². The van der Waals surface area contributed by atoms with Gasteiger partial charge >= 0.3 is 5.97 Å². The zero-order chi connectivity index (χ0) is 26.1. The fraction of sp³-hybridized carbons (Fsp3) is 0.444. The molecule has 1 aliphatic carbocycles. The SMILES string of the molecule is COc1cc(CN(C2CC(C(=O)O)C2)N2CCc3cc(Cl)ccc32)ccc1OCCN1C(=O)CCC1=O. The van der Waals surface area contributed by atoms with E-state index < -0.39 is 5.97 Å². The Morgan fingerprint density at radius 2 is 1.84 bits per heavy atom. The van der Waals surface area contributed by atoms with Crippen LogP contribution in [0.1, 0.15) is 36.8 Å². The Morgan fingerprint density at radius 3 is 2.54 bits per heavy atom. The van der Waals surface area contributed by atoms with Gasteiger partial charge in [0.05, 0.1) is 25.3 Å². The van der Waals surface area contributed by atoms with Crippen molar-refractivity contribution in [2.24, 2.45) is 5.92 Å². The number of anilines is 1. The highest BCUT2D eigenvalue weighted by Gasteiger charge is 2.41. The van der Waals surface area contributed by atoms with Gasteiger partial charge in [-0.25, -0.2) is 5.01 Å². The third-order valence-electron chi connectivity index (χ3n) is 7.41. The molecule has 0 atom stereocenters. The van der Waals surface area contributed by atoms with Gasteiger partial charge in [-0.15, -0.1) is 0 Å². The summed E-state index contributed by atoms with van der Waals surface area (Å²) in [6, 6.07) is 11.7. The van der Waals surface area contributed by atoms with Crippen LogP contribution in [0.2, 0.25) is 5.02 Å². The molecule has 2 heterocycles. The number of fused-ring (bicyclic) bond motifs is 1. The summed E-state index contributed by atoms with van der Waals surface area (Å²) in [6.45, 7) is 1.77. The van der Waals surface area contributed by atoms with Crippen LogP contribution in [0, 0.1) is 5.92 Å². The Hall–Kier alpha value is -3.30. The summed E-state index contributed by atoms with van der Waals surface area (Å²) in [5.74, 6) is -0.301. The summed E-state index contributed by atoms with van der Waals surface area (Å²) < 4.78 is 11.4. The molecule has 0 aromatic heterocycles. The van der Waals surface area contributed by atoms with Gasteiger partial charge in [-0.2, -0.15) is 0 Å². The van der Waals surface area contributed by atoms with Crippen LogP contribution >= 0.6 is 11.6 Å². The zero-order valence-corrected chi connectivity index (χ0v) is 21.4. The number of hydrogen-bond donors (Lipinski definition) is 1. The van der Waals surface area contributed by atoms with E-state index in [4.69, 9.17) is 21.1 Å². The Labute approximate surface area is 220 Å². The molecular weight excluding hydrogens is 498 g/mol. The molecule has 0 radical (unpaired) electrons. The van der Waals surface area contributed by atoms with Crippen molar-refractivity contribution in [3.8, 4) is 11.5 Å². The lowest BCUT2D eigenvalue weighted by molar-refractivity contribution is -0.147. The van der Waals surface area contributed by atoms with Crippen LogP contribution in [0.5, 0.6) is 11.5 Å². The monoisotopic (exact) mass is 527 g/mol. The number of amides is 2. The van der Waals surface area contributed by atoms with E-state index in [1.807, 2.05) is 36.4 Å². The van der Waals surface area contributed by atoms with Crippen molar-refractivity contribution in [1.29, 1.82) is 0 Å². The van der Waals surface area contributed by atoms with E-state index in [0.29, 0.717) is 35.9 Å². The number of carboxylic acids is 1. The lowest BCUT2D eigenvalue weighted by atomic mass is 9.80. The summed E-state index contributed by atoms with van der Waals surface area (Å²) in [4.78, 5) is 36.4. The summed E-state index contributed by atoms with van der Waals surface area (Å²) in [6.07, 6.45) is 2.59. The number of likely N-dealkylation sites (tertiary alicyclic amines) is 1. The molecule has 10 heteroatoms. The minimum Gasteiger partial charge on any atom is -0.493 e. The minimum atomic E-state index is -0.745. The first kappa shape index (κ1) is 25.4. The molecular formula is C27H30ClN3O6. The summed E-state index contributed by atoms with van der Waals surface area (Å²) in [5.41, 5.74) is 3.28. The van der Waals surface area contributed by atoms with Crippen molar-refractivity contribution in [2.75, 3.05) is 31.8 Å². The van der Waals surface area contributed by atoms with Gasteiger partial charge < -0.3 is 19.6 Å². The molecule has 2 aromatic carbocycles. The van der Waals surface area contributed by atoms with Gasteiger partial charge in [0.15, 0.2) is 11.5 Å². The van der Waals surface area contributed by atoms with Gasteiger partial charge in [0.25, 0.3) is 0 Å². The van der Waals surface area contributed by atoms with E-state index in [2.05, 4.69) is 10.0 Å². The maximum atomic E-state index is 11.8. The summed E-state index contributed by atoms with van der Waals surface area (Å²) >= 11 is 6.21. The molecule has 1 saturated heterocycles. The number of rotatable bonds is 10. The van der Waals surface area contributed by atoms with Crippen molar-refractivity contribution in [3.05, 3.63) is 52.5 Å². The Kier molecular flexibility index (Phi) is 7.26. The lowest BCUT2D eigenvalue weighted by Crippen LogP contribution is -2.54. The van der Waals surface area contributed by atoms with Gasteiger partial charge in [0, 0.05) is 37.0 Å². The molecule has 1 N–H and O–H groups in total. The average Bonchev–Trinajstić information content (AvgIpc) is 3.40. The van der Waals surface area contributed by atoms with E-state index in [1.54, 1.807) is 7.11 Å². The molecule has 2 fully saturated rings. The molecule has 196 valence electrons. The highest BCUT2D eigenvalue weighted by molar-refractivity contribution is 6.30. The maximum Gasteiger partial charge on any atom is 0.306 e. The highest BCUT2D eigenvalue weighted by atomic mass is 35.5. The van der Waals surface area contributed by atoms with Crippen LogP contribution in [0.25, 0.3) is 0 Å². The standard InChI is InChI=1S/C27H30ClN3O6/c1-36-24-12-17(2-5-23(24)37-11-10-29-25(32)6-7-26(29)33)16-31(21-14-19(15-21)27(34)35)30-9-8-18-13-20(28)3-4-22(18)30/h2-5,12-13,19,21H,6-11,14-16H2,1H3,(H,34,35). The first-order chi connectivity index (χ1) is 17.8. The lowest BCUT2D eigenvalue weighted by Gasteiger charge is -2.46. The predicted octanol–water partition coefficient (Wildman–Crippen LogP) is 3.52. The zero-order valence-electron chi connectivity index (χ0n) is 20.7. The van der Waals surface area contributed by atoms with Gasteiger partial charge in [-0.3, -0.25) is 19.3 Å². The number of methoxy groups -OCH3 is 1. The number of halogens is 1. The fourth-order valence-electron chi connectivity index (χ4n) is 5.30. The second-order valence-electron chi connectivity index (χ2n) is 9.68. The summed E-state index contributed by atoms with van der Waals surface area (Å²) in [7, 11) is 1.57. The van der Waals surface area contributed by atoms with Crippen molar-refractivity contribution >= 4 is 35.1 Å². The molecule has 1 saturated carbocycles. The number of hydrogen-bond acceptors (Lipinski definition) is 7. The molecule has 9 nitrogen and oxygen atoms in total. The Balaban J connectivity index is 1.30. The molecule has 2 aliphatic heterocycles. The smallest absolute Gasteiger partial charge is 0.306 e. The third-order valence-corrected chi connectivity index (χ3v) is 7.64. The molecule has 3 aliphatic rings. The molecule has 2 amide bonds. The van der Waals surface area contributed by atoms with Crippen molar-refractivity contribution in [2.45, 2.75) is 44.7 Å². The van der Waals surface area contributed by atoms with Crippen LogP contribution < -0.4 is 14.5 Å². The van der Waals surface area contributed by atoms with E-state index in [9.17, 15) is 19.5 Å². The second kappa shape index (κ2) is 10.6. The Morgan fingerprint density at radius 1 is 1.08 bits per heavy atom. The highest BCUT2D eigenvalue weighted by Crippen LogP contribution is 2.39. The summed E-state index contributed by atoms with van der Waals surface area (Å²) in [5, 5.41) is 14.6. The van der Waals surface area contributed by atoms with Crippen molar-refractivity contribution < 1.29 is 29.0 Å². The molecule has 5 rings (SSSR count). The number of carboxylic acid groups (broad SMARTS) is 1. The quantitative estimate of drug-likeness (QED) is 0.469. The predicted molar refractivity (Wildman–Crippen MR) is 137 cm³/mol. The van der Waals surface area contributed by atoms with Crippen LogP contribution in [-0.2, 0) is 27.3 Å². The fourth-order valence-corrected chi connectivity index (χ4v) is 5.49. The number of imide groups is 1. The minimum absolute atomic E-state index is 0.111. The number of hydrazine groups is 1. The largest absolute Gasteiger partial charge is 0.493 e. The van der Waals surface area contributed by atoms with Gasteiger partial charge in [-0.05, 0) is 60.7 Å². The normalized spacial score (nSPS) is 20.8. The number of carbonyl (C=O) groups excluding carboxylic acids is 2. The number of carbonyl (C=O) groups is 3. The molecule has 2 aromatic rings. The van der Waals surface area contributed by atoms with Crippen molar-refractivity contribution in [1.82, 2.24) is 9.91 Å². The van der Waals surface area contributed by atoms with E-state index in [0.717, 1.165) is 24.2 Å².